The Morgan fingerprint density at radius 3 is 2.70 bits per heavy atom. The van der Waals surface area contributed by atoms with Gasteiger partial charge in [0.15, 0.2) is 5.69 Å². The fourth-order valence-electron chi connectivity index (χ4n) is 1.79. The lowest BCUT2D eigenvalue weighted by molar-refractivity contribution is 0.102. The minimum Gasteiger partial charge on any atom is -0.395 e. The summed E-state index contributed by atoms with van der Waals surface area (Å²) in [7, 11) is 0. The molecular weight excluding hydrogens is 283 g/mol. The van der Waals surface area contributed by atoms with Crippen molar-refractivity contribution in [2.24, 2.45) is 0 Å². The van der Waals surface area contributed by atoms with Gasteiger partial charge in [0.1, 0.15) is 5.82 Å². The van der Waals surface area contributed by atoms with E-state index in [9.17, 15) is 9.18 Å². The number of nitrogens with zero attached hydrogens (tertiary/aromatic N) is 1. The summed E-state index contributed by atoms with van der Waals surface area (Å²) in [6, 6.07) is 3.75. The standard InChI is InChI=1S/C13H14ClFN4O/c1-6(2)11-10(16)12(19-18-11)13(20)17-9-4-7(14)3-8(15)5-9/h3-6H,16H2,1-2H3,(H,17,20)(H,18,19). The minimum atomic E-state index is -0.536. The van der Waals surface area contributed by atoms with Crippen molar-refractivity contribution >= 4 is 28.9 Å². The number of rotatable bonds is 3. The zero-order valence-electron chi connectivity index (χ0n) is 11.0. The van der Waals surface area contributed by atoms with Gasteiger partial charge in [-0.05, 0) is 24.1 Å². The monoisotopic (exact) mass is 296 g/mol. The summed E-state index contributed by atoms with van der Waals surface area (Å²) < 4.78 is 13.2. The highest BCUT2D eigenvalue weighted by Crippen LogP contribution is 2.23. The van der Waals surface area contributed by atoms with E-state index >= 15 is 0 Å². The number of carbonyl (C=O) groups is 1. The molecule has 0 fully saturated rings. The van der Waals surface area contributed by atoms with Gasteiger partial charge in [-0.2, -0.15) is 5.10 Å². The molecule has 0 saturated carbocycles. The Kier molecular flexibility index (Phi) is 3.94. The second kappa shape index (κ2) is 5.50. The number of hydrogen-bond acceptors (Lipinski definition) is 3. The third-order valence-corrected chi connectivity index (χ3v) is 2.96. The molecule has 1 aromatic carbocycles. The van der Waals surface area contributed by atoms with Crippen LogP contribution in [0, 0.1) is 5.82 Å². The van der Waals surface area contributed by atoms with Gasteiger partial charge in [0, 0.05) is 10.7 Å². The van der Waals surface area contributed by atoms with Crippen molar-refractivity contribution in [2.75, 3.05) is 11.1 Å². The van der Waals surface area contributed by atoms with Gasteiger partial charge in [-0.1, -0.05) is 25.4 Å². The van der Waals surface area contributed by atoms with Crippen LogP contribution in [0.1, 0.15) is 35.9 Å². The van der Waals surface area contributed by atoms with Crippen molar-refractivity contribution in [2.45, 2.75) is 19.8 Å². The number of benzene rings is 1. The fraction of sp³-hybridized carbons (Fsp3) is 0.231. The summed E-state index contributed by atoms with van der Waals surface area (Å²) in [5.74, 6) is -0.939. The number of aromatic amines is 1. The lowest BCUT2D eigenvalue weighted by atomic mass is 10.1. The average Bonchev–Trinajstić information content (AvgIpc) is 2.69. The first-order valence-corrected chi connectivity index (χ1v) is 6.37. The summed E-state index contributed by atoms with van der Waals surface area (Å²) in [6.07, 6.45) is 0. The lowest BCUT2D eigenvalue weighted by Gasteiger charge is -2.05. The highest BCUT2D eigenvalue weighted by molar-refractivity contribution is 6.31. The molecular formula is C13H14ClFN4O. The van der Waals surface area contributed by atoms with Crippen molar-refractivity contribution in [3.8, 4) is 0 Å². The SMILES string of the molecule is CC(C)c1[nH]nc(C(=O)Nc2cc(F)cc(Cl)c2)c1N. The van der Waals surface area contributed by atoms with Gasteiger partial charge >= 0.3 is 0 Å². The van der Waals surface area contributed by atoms with Crippen LogP contribution in [0.5, 0.6) is 0 Å². The molecule has 1 aromatic heterocycles. The van der Waals surface area contributed by atoms with Gasteiger partial charge in [-0.25, -0.2) is 4.39 Å². The number of nitrogens with two attached hydrogens (primary N) is 1. The van der Waals surface area contributed by atoms with Crippen LogP contribution < -0.4 is 11.1 Å². The molecule has 0 atom stereocenters. The number of nitrogens with one attached hydrogen (secondary N) is 2. The average molecular weight is 297 g/mol. The molecule has 7 heteroatoms. The maximum absolute atomic E-state index is 13.2. The van der Waals surface area contributed by atoms with Crippen LogP contribution in [-0.2, 0) is 0 Å². The molecule has 0 aliphatic rings. The van der Waals surface area contributed by atoms with Gasteiger partial charge < -0.3 is 11.1 Å². The Balaban J connectivity index is 2.24. The Morgan fingerprint density at radius 1 is 1.45 bits per heavy atom. The molecule has 0 spiro atoms. The van der Waals surface area contributed by atoms with Gasteiger partial charge in [0.25, 0.3) is 5.91 Å². The molecule has 1 heterocycles. The fourth-order valence-corrected chi connectivity index (χ4v) is 2.02. The Labute approximate surface area is 120 Å². The molecule has 20 heavy (non-hydrogen) atoms. The predicted octanol–water partition coefficient (Wildman–Crippen LogP) is 3.16. The van der Waals surface area contributed by atoms with Crippen LogP contribution in [-0.4, -0.2) is 16.1 Å². The largest absolute Gasteiger partial charge is 0.395 e. The van der Waals surface area contributed by atoms with Gasteiger partial charge in [0.2, 0.25) is 0 Å². The van der Waals surface area contributed by atoms with Crippen LogP contribution in [0.25, 0.3) is 0 Å². The second-order valence-electron chi connectivity index (χ2n) is 4.67. The number of hydrogen-bond donors (Lipinski definition) is 3. The number of anilines is 2. The van der Waals surface area contributed by atoms with Crippen molar-refractivity contribution in [3.63, 3.8) is 0 Å². The highest BCUT2D eigenvalue weighted by Gasteiger charge is 2.19. The first kappa shape index (κ1) is 14.3. The Hall–Kier alpha value is -2.08. The highest BCUT2D eigenvalue weighted by atomic mass is 35.5. The molecule has 0 unspecified atom stereocenters. The van der Waals surface area contributed by atoms with Crippen LogP contribution in [0.4, 0.5) is 15.8 Å². The normalized spacial score (nSPS) is 10.8. The van der Waals surface area contributed by atoms with Crippen molar-refractivity contribution in [3.05, 3.63) is 40.4 Å². The number of halogens is 2. The summed E-state index contributed by atoms with van der Waals surface area (Å²) in [5, 5.41) is 9.32. The molecule has 106 valence electrons. The van der Waals surface area contributed by atoms with Crippen molar-refractivity contribution in [1.29, 1.82) is 0 Å². The molecule has 0 bridgehead atoms. The second-order valence-corrected chi connectivity index (χ2v) is 5.10. The number of amides is 1. The molecule has 0 saturated heterocycles. The van der Waals surface area contributed by atoms with Crippen LogP contribution >= 0.6 is 11.6 Å². The topological polar surface area (TPSA) is 83.8 Å². The smallest absolute Gasteiger partial charge is 0.278 e. The number of carbonyl (C=O) groups excluding carboxylic acids is 1. The van der Waals surface area contributed by atoms with E-state index in [2.05, 4.69) is 15.5 Å². The molecule has 2 aromatic rings. The van der Waals surface area contributed by atoms with Crippen LogP contribution in [0.15, 0.2) is 18.2 Å². The zero-order valence-corrected chi connectivity index (χ0v) is 11.8. The number of H-pyrrole nitrogens is 1. The first-order valence-electron chi connectivity index (χ1n) is 5.99. The predicted molar refractivity (Wildman–Crippen MR) is 76.5 cm³/mol. The number of aromatic nitrogens is 2. The molecule has 5 nitrogen and oxygen atoms in total. The van der Waals surface area contributed by atoms with Gasteiger partial charge in [-0.3, -0.25) is 9.89 Å². The lowest BCUT2D eigenvalue weighted by Crippen LogP contribution is -2.14. The first-order chi connectivity index (χ1) is 9.38. The van der Waals surface area contributed by atoms with E-state index < -0.39 is 11.7 Å². The van der Waals surface area contributed by atoms with Crippen LogP contribution in [0.3, 0.4) is 0 Å². The van der Waals surface area contributed by atoms with E-state index in [-0.39, 0.29) is 22.3 Å². The summed E-state index contributed by atoms with van der Waals surface area (Å²) in [4.78, 5) is 12.1. The molecule has 0 aliphatic carbocycles. The van der Waals surface area contributed by atoms with Gasteiger partial charge in [-0.15, -0.1) is 0 Å². The summed E-state index contributed by atoms with van der Waals surface area (Å²) >= 11 is 5.72. The van der Waals surface area contributed by atoms with E-state index in [4.69, 9.17) is 17.3 Å². The zero-order chi connectivity index (χ0) is 14.9. The van der Waals surface area contributed by atoms with E-state index in [1.807, 2.05) is 13.8 Å². The van der Waals surface area contributed by atoms with E-state index in [1.165, 1.54) is 6.07 Å². The Morgan fingerprint density at radius 2 is 2.15 bits per heavy atom. The molecule has 0 radical (unpaired) electrons. The maximum atomic E-state index is 13.2. The summed E-state index contributed by atoms with van der Waals surface area (Å²) in [5.41, 5.74) is 7.16. The molecule has 0 aliphatic heterocycles. The quantitative estimate of drug-likeness (QED) is 0.813. The van der Waals surface area contributed by atoms with E-state index in [1.54, 1.807) is 0 Å². The van der Waals surface area contributed by atoms with E-state index in [0.717, 1.165) is 12.1 Å². The maximum Gasteiger partial charge on any atom is 0.278 e. The third-order valence-electron chi connectivity index (χ3n) is 2.75. The summed E-state index contributed by atoms with van der Waals surface area (Å²) in [6.45, 7) is 3.86. The molecule has 1 amide bonds. The van der Waals surface area contributed by atoms with E-state index in [0.29, 0.717) is 11.4 Å². The van der Waals surface area contributed by atoms with Crippen molar-refractivity contribution < 1.29 is 9.18 Å². The van der Waals surface area contributed by atoms with Gasteiger partial charge in [0.05, 0.1) is 11.4 Å². The minimum absolute atomic E-state index is 0.0779. The third kappa shape index (κ3) is 2.91. The number of nitrogen functional groups attached to an aromatic ring is 1. The van der Waals surface area contributed by atoms with Crippen molar-refractivity contribution in [1.82, 2.24) is 10.2 Å². The molecule has 4 N–H and O–H groups in total. The Bertz CT molecular complexity index is 634. The van der Waals surface area contributed by atoms with Crippen LogP contribution in [0.2, 0.25) is 5.02 Å². The molecule has 2 rings (SSSR count).